The highest BCUT2D eigenvalue weighted by Gasteiger charge is 2.44. The van der Waals surface area contributed by atoms with E-state index in [0.717, 1.165) is 16.0 Å². The molecule has 1 nitrogen and oxygen atoms in total. The van der Waals surface area contributed by atoms with Crippen LogP contribution >= 0.6 is 27.5 Å². The first-order valence-corrected chi connectivity index (χ1v) is 8.61. The van der Waals surface area contributed by atoms with Crippen molar-refractivity contribution < 1.29 is 0 Å². The average molecular weight is 365 g/mol. The van der Waals surface area contributed by atoms with E-state index in [1.807, 2.05) is 6.07 Å². The number of hydrogen-bond acceptors (Lipinski definition) is 1. The average Bonchev–Trinajstić information content (AvgIpc) is 3.29. The summed E-state index contributed by atoms with van der Waals surface area (Å²) in [7, 11) is 0. The second-order valence-electron chi connectivity index (χ2n) is 5.60. The normalized spacial score (nSPS) is 22.0. The van der Waals surface area contributed by atoms with Crippen molar-refractivity contribution >= 4 is 27.5 Å². The molecule has 1 saturated carbocycles. The van der Waals surface area contributed by atoms with Crippen LogP contribution in [0.2, 0.25) is 5.02 Å². The van der Waals surface area contributed by atoms with Crippen LogP contribution in [0.5, 0.6) is 0 Å². The van der Waals surface area contributed by atoms with Crippen LogP contribution in [-0.4, -0.2) is 6.54 Å². The molecule has 0 radical (unpaired) electrons. The highest BCUT2D eigenvalue weighted by atomic mass is 79.9. The van der Waals surface area contributed by atoms with Gasteiger partial charge in [-0.05, 0) is 57.9 Å². The summed E-state index contributed by atoms with van der Waals surface area (Å²) < 4.78 is 0.974. The lowest BCUT2D eigenvalue weighted by Crippen LogP contribution is -2.23. The summed E-state index contributed by atoms with van der Waals surface area (Å²) in [5, 5.41) is 4.46. The molecular formula is C18H19BrClN. The fourth-order valence-electron chi connectivity index (χ4n) is 3.14. The van der Waals surface area contributed by atoms with Gasteiger partial charge in [-0.1, -0.05) is 61.0 Å². The molecular weight excluding hydrogens is 346 g/mol. The van der Waals surface area contributed by atoms with Crippen LogP contribution in [0.15, 0.2) is 53.0 Å². The molecule has 0 saturated heterocycles. The third-order valence-electron chi connectivity index (χ3n) is 4.24. The van der Waals surface area contributed by atoms with Gasteiger partial charge in [0.1, 0.15) is 0 Å². The summed E-state index contributed by atoms with van der Waals surface area (Å²) in [5.74, 6) is 1.27. The van der Waals surface area contributed by atoms with Crippen LogP contribution in [0.1, 0.15) is 36.4 Å². The molecule has 2 aromatic carbocycles. The van der Waals surface area contributed by atoms with Gasteiger partial charge < -0.3 is 5.32 Å². The Labute approximate surface area is 139 Å². The summed E-state index contributed by atoms with van der Waals surface area (Å²) in [6.45, 7) is 3.10. The van der Waals surface area contributed by atoms with Gasteiger partial charge in [-0.25, -0.2) is 0 Å². The standard InChI is InChI=1S/C18H19BrClN/c1-2-21-18(13-9-6-10-16(19)17(13)20)15-11-14(15)12-7-4-3-5-8-12/h3-10,14-15,18,21H,2,11H2,1H3. The summed E-state index contributed by atoms with van der Waals surface area (Å²) in [5.41, 5.74) is 2.65. The molecule has 3 unspecified atom stereocenters. The highest BCUT2D eigenvalue weighted by Crippen LogP contribution is 2.55. The molecule has 21 heavy (non-hydrogen) atoms. The second-order valence-corrected chi connectivity index (χ2v) is 6.83. The molecule has 0 aromatic heterocycles. The monoisotopic (exact) mass is 363 g/mol. The molecule has 110 valence electrons. The van der Waals surface area contributed by atoms with Gasteiger partial charge in [0.2, 0.25) is 0 Å². The Bertz CT molecular complexity index is 614. The van der Waals surface area contributed by atoms with E-state index in [1.165, 1.54) is 17.5 Å². The van der Waals surface area contributed by atoms with E-state index in [2.05, 4.69) is 70.6 Å². The van der Waals surface area contributed by atoms with Gasteiger partial charge in [0.25, 0.3) is 0 Å². The molecule has 0 heterocycles. The summed E-state index contributed by atoms with van der Waals surface area (Å²) in [6.07, 6.45) is 1.23. The molecule has 1 N–H and O–H groups in total. The maximum Gasteiger partial charge on any atom is 0.0595 e. The van der Waals surface area contributed by atoms with Crippen molar-refractivity contribution in [3.8, 4) is 0 Å². The maximum absolute atomic E-state index is 6.50. The smallest absolute Gasteiger partial charge is 0.0595 e. The number of nitrogens with one attached hydrogen (secondary N) is 1. The molecule has 3 heteroatoms. The highest BCUT2D eigenvalue weighted by molar-refractivity contribution is 9.10. The van der Waals surface area contributed by atoms with Crippen molar-refractivity contribution in [1.29, 1.82) is 0 Å². The van der Waals surface area contributed by atoms with Crippen molar-refractivity contribution in [3.63, 3.8) is 0 Å². The minimum atomic E-state index is 0.324. The zero-order chi connectivity index (χ0) is 14.8. The molecule has 3 rings (SSSR count). The Morgan fingerprint density at radius 2 is 1.95 bits per heavy atom. The number of rotatable bonds is 5. The number of hydrogen-bond donors (Lipinski definition) is 1. The molecule has 1 fully saturated rings. The van der Waals surface area contributed by atoms with E-state index in [9.17, 15) is 0 Å². The molecule has 1 aliphatic carbocycles. The Morgan fingerprint density at radius 3 is 2.67 bits per heavy atom. The summed E-state index contributed by atoms with van der Waals surface area (Å²) in [6, 6.07) is 17.3. The van der Waals surface area contributed by atoms with E-state index < -0.39 is 0 Å². The Hall–Kier alpha value is -0.830. The Kier molecular flexibility index (Phi) is 4.68. The van der Waals surface area contributed by atoms with Crippen molar-refractivity contribution in [2.24, 2.45) is 5.92 Å². The number of halogens is 2. The van der Waals surface area contributed by atoms with Crippen LogP contribution in [0.4, 0.5) is 0 Å². The van der Waals surface area contributed by atoms with Crippen molar-refractivity contribution in [1.82, 2.24) is 5.32 Å². The van der Waals surface area contributed by atoms with Gasteiger partial charge in [0, 0.05) is 10.5 Å². The van der Waals surface area contributed by atoms with Crippen LogP contribution in [0.3, 0.4) is 0 Å². The summed E-state index contributed by atoms with van der Waals surface area (Å²) in [4.78, 5) is 0. The van der Waals surface area contributed by atoms with E-state index >= 15 is 0 Å². The maximum atomic E-state index is 6.50. The van der Waals surface area contributed by atoms with Gasteiger partial charge in [0.05, 0.1) is 5.02 Å². The molecule has 2 aromatic rings. The van der Waals surface area contributed by atoms with Crippen LogP contribution < -0.4 is 5.32 Å². The van der Waals surface area contributed by atoms with Crippen molar-refractivity contribution in [3.05, 3.63) is 69.2 Å². The minimum Gasteiger partial charge on any atom is -0.310 e. The zero-order valence-corrected chi connectivity index (χ0v) is 14.4. The van der Waals surface area contributed by atoms with Crippen molar-refractivity contribution in [2.45, 2.75) is 25.3 Å². The summed E-state index contributed by atoms with van der Waals surface area (Å²) >= 11 is 10.0. The van der Waals surface area contributed by atoms with E-state index in [1.54, 1.807) is 0 Å². The van der Waals surface area contributed by atoms with E-state index in [4.69, 9.17) is 11.6 Å². The van der Waals surface area contributed by atoms with Gasteiger partial charge in [-0.15, -0.1) is 0 Å². The van der Waals surface area contributed by atoms with Crippen LogP contribution in [-0.2, 0) is 0 Å². The third-order valence-corrected chi connectivity index (χ3v) is 5.55. The Balaban J connectivity index is 1.85. The molecule has 0 aliphatic heterocycles. The van der Waals surface area contributed by atoms with E-state index in [-0.39, 0.29) is 0 Å². The van der Waals surface area contributed by atoms with Crippen LogP contribution in [0.25, 0.3) is 0 Å². The van der Waals surface area contributed by atoms with Gasteiger partial charge in [-0.2, -0.15) is 0 Å². The second kappa shape index (κ2) is 6.51. The molecule has 0 amide bonds. The lowest BCUT2D eigenvalue weighted by atomic mass is 9.98. The predicted molar refractivity (Wildman–Crippen MR) is 92.9 cm³/mol. The molecule has 0 bridgehead atoms. The third kappa shape index (κ3) is 3.18. The fraction of sp³-hybridized carbons (Fsp3) is 0.333. The minimum absolute atomic E-state index is 0.324. The molecule has 1 aliphatic rings. The SMILES string of the molecule is CCNC(c1cccc(Br)c1Cl)C1CC1c1ccccc1. The van der Waals surface area contributed by atoms with E-state index in [0.29, 0.717) is 17.9 Å². The van der Waals surface area contributed by atoms with Gasteiger partial charge in [-0.3, -0.25) is 0 Å². The fourth-order valence-corrected chi connectivity index (χ4v) is 3.76. The first-order valence-electron chi connectivity index (χ1n) is 7.44. The molecule has 3 atom stereocenters. The quantitative estimate of drug-likeness (QED) is 0.732. The molecule has 0 spiro atoms. The zero-order valence-electron chi connectivity index (χ0n) is 12.0. The van der Waals surface area contributed by atoms with Gasteiger partial charge >= 0.3 is 0 Å². The number of benzene rings is 2. The lowest BCUT2D eigenvalue weighted by Gasteiger charge is -2.20. The Morgan fingerprint density at radius 1 is 1.19 bits per heavy atom. The van der Waals surface area contributed by atoms with Crippen LogP contribution in [0, 0.1) is 5.92 Å². The first-order chi connectivity index (χ1) is 10.2. The predicted octanol–water partition coefficient (Wildman–Crippen LogP) is 5.56. The largest absolute Gasteiger partial charge is 0.310 e. The van der Waals surface area contributed by atoms with Gasteiger partial charge in [0.15, 0.2) is 0 Å². The lowest BCUT2D eigenvalue weighted by molar-refractivity contribution is 0.487. The topological polar surface area (TPSA) is 12.0 Å². The van der Waals surface area contributed by atoms with Crippen molar-refractivity contribution in [2.75, 3.05) is 6.54 Å². The first kappa shape index (κ1) is 15.1.